The number of thiophene rings is 1. The summed E-state index contributed by atoms with van der Waals surface area (Å²) in [6.07, 6.45) is 1.48. The summed E-state index contributed by atoms with van der Waals surface area (Å²) in [4.78, 5) is 23.1. The molecule has 0 radical (unpaired) electrons. The lowest BCUT2D eigenvalue weighted by Crippen LogP contribution is -2.27. The van der Waals surface area contributed by atoms with Gasteiger partial charge in [-0.1, -0.05) is 25.4 Å². The zero-order valence-electron chi connectivity index (χ0n) is 12.5. The number of hydrogen-bond donors (Lipinski definition) is 1. The molecule has 2 rings (SSSR count). The zero-order chi connectivity index (χ0) is 15.6. The topological polar surface area (TPSA) is 54.9 Å². The van der Waals surface area contributed by atoms with E-state index in [4.69, 9.17) is 11.6 Å². The van der Waals surface area contributed by atoms with Crippen molar-refractivity contribution in [1.29, 1.82) is 0 Å². The van der Waals surface area contributed by atoms with Crippen LogP contribution in [0.2, 0.25) is 5.02 Å². The van der Waals surface area contributed by atoms with Gasteiger partial charge in [0.05, 0.1) is 17.3 Å². The number of hydrogen-bond acceptors (Lipinski definition) is 4. The summed E-state index contributed by atoms with van der Waals surface area (Å²) in [5.41, 5.74) is 0.232. The highest BCUT2D eigenvalue weighted by molar-refractivity contribution is 7.12. The van der Waals surface area contributed by atoms with Crippen molar-refractivity contribution in [2.24, 2.45) is 0 Å². The highest BCUT2D eigenvalue weighted by Crippen LogP contribution is 2.23. The third-order valence-corrected chi connectivity index (χ3v) is 4.49. The number of nitrogens with one attached hydrogen (secondary N) is 1. The maximum atomic E-state index is 12.3. The van der Waals surface area contributed by atoms with Crippen molar-refractivity contribution >= 4 is 28.8 Å². The van der Waals surface area contributed by atoms with Gasteiger partial charge in [0, 0.05) is 15.7 Å². The lowest BCUT2D eigenvalue weighted by atomic mass is 10.2. The highest BCUT2D eigenvalue weighted by Gasteiger charge is 2.18. The molecule has 0 spiro atoms. The molecule has 1 atom stereocenters. The van der Waals surface area contributed by atoms with Crippen LogP contribution < -0.4 is 5.32 Å². The van der Waals surface area contributed by atoms with Crippen molar-refractivity contribution in [2.75, 3.05) is 0 Å². The smallest absolute Gasteiger partial charge is 0.272 e. The van der Waals surface area contributed by atoms with Crippen LogP contribution in [0.4, 0.5) is 0 Å². The van der Waals surface area contributed by atoms with Crippen molar-refractivity contribution in [1.82, 2.24) is 15.3 Å². The molecule has 0 fully saturated rings. The van der Waals surface area contributed by atoms with Gasteiger partial charge in [0.2, 0.25) is 0 Å². The summed E-state index contributed by atoms with van der Waals surface area (Å²) in [5.74, 6) is 0.484. The van der Waals surface area contributed by atoms with E-state index in [9.17, 15) is 4.79 Å². The van der Waals surface area contributed by atoms with Gasteiger partial charge in [-0.05, 0) is 26.0 Å². The van der Waals surface area contributed by atoms with Crippen LogP contribution in [0.15, 0.2) is 18.3 Å². The third kappa shape index (κ3) is 3.80. The number of aromatic nitrogens is 2. The predicted octanol–water partition coefficient (Wildman–Crippen LogP) is 4.11. The molecule has 2 heterocycles. The van der Waals surface area contributed by atoms with Gasteiger partial charge in [0.25, 0.3) is 5.91 Å². The number of amides is 1. The molecule has 1 unspecified atom stereocenters. The number of halogens is 1. The normalized spacial score (nSPS) is 12.5. The molecule has 112 valence electrons. The Morgan fingerprint density at radius 1 is 1.33 bits per heavy atom. The number of rotatable bonds is 4. The summed E-state index contributed by atoms with van der Waals surface area (Å²) in [5, 5.41) is 3.20. The predicted molar refractivity (Wildman–Crippen MR) is 86.1 cm³/mol. The fourth-order valence-electron chi connectivity index (χ4n) is 1.84. The van der Waals surface area contributed by atoms with Gasteiger partial charge in [0.1, 0.15) is 11.5 Å². The van der Waals surface area contributed by atoms with Crippen LogP contribution in [0.25, 0.3) is 0 Å². The molecule has 0 saturated carbocycles. The third-order valence-electron chi connectivity index (χ3n) is 3.03. The molecule has 2 aromatic rings. The first-order chi connectivity index (χ1) is 9.88. The largest absolute Gasteiger partial charge is 0.343 e. The molecule has 0 aliphatic carbocycles. The zero-order valence-corrected chi connectivity index (χ0v) is 14.0. The highest BCUT2D eigenvalue weighted by atomic mass is 35.5. The number of carbonyl (C=O) groups is 1. The summed E-state index contributed by atoms with van der Waals surface area (Å²) < 4.78 is 0. The number of aryl methyl sites for hydroxylation is 1. The standard InChI is InChI=1S/C15H18ClN3OS/c1-8(2)14-17-7-11(16)13(19-14)15(20)18-10(4)12-6-5-9(3)21-12/h5-8,10H,1-4H3,(H,18,20). The second kappa shape index (κ2) is 6.54. The van der Waals surface area contributed by atoms with Gasteiger partial charge in [0.15, 0.2) is 0 Å². The Balaban J connectivity index is 2.18. The molecular formula is C15H18ClN3OS. The van der Waals surface area contributed by atoms with Crippen molar-refractivity contribution in [3.05, 3.63) is 44.6 Å². The van der Waals surface area contributed by atoms with Gasteiger partial charge in [-0.2, -0.15) is 0 Å². The summed E-state index contributed by atoms with van der Waals surface area (Å²) >= 11 is 7.71. The first kappa shape index (κ1) is 15.9. The Morgan fingerprint density at radius 2 is 2.05 bits per heavy atom. The Labute approximate surface area is 133 Å². The molecule has 0 aliphatic rings. The Morgan fingerprint density at radius 3 is 2.62 bits per heavy atom. The average molecular weight is 324 g/mol. The van der Waals surface area contributed by atoms with Crippen molar-refractivity contribution in [3.8, 4) is 0 Å². The Hall–Kier alpha value is -1.46. The maximum absolute atomic E-state index is 12.3. The molecule has 0 bridgehead atoms. The van der Waals surface area contributed by atoms with Crippen molar-refractivity contribution < 1.29 is 4.79 Å². The molecule has 21 heavy (non-hydrogen) atoms. The Bertz CT molecular complexity index is 654. The second-order valence-corrected chi connectivity index (χ2v) is 6.95. The molecule has 4 nitrogen and oxygen atoms in total. The monoisotopic (exact) mass is 323 g/mol. The summed E-state index contributed by atoms with van der Waals surface area (Å²) in [6, 6.07) is 3.98. The molecule has 2 aromatic heterocycles. The fourth-order valence-corrected chi connectivity index (χ4v) is 2.90. The van der Waals surface area contributed by atoms with Crippen molar-refractivity contribution in [3.63, 3.8) is 0 Å². The first-order valence-corrected chi connectivity index (χ1v) is 7.97. The van der Waals surface area contributed by atoms with E-state index < -0.39 is 0 Å². The molecular weight excluding hydrogens is 306 g/mol. The van der Waals surface area contributed by atoms with E-state index in [1.165, 1.54) is 11.1 Å². The quantitative estimate of drug-likeness (QED) is 0.921. The van der Waals surface area contributed by atoms with Crippen LogP contribution in [0, 0.1) is 6.92 Å². The average Bonchev–Trinajstić information content (AvgIpc) is 2.85. The number of carbonyl (C=O) groups excluding carboxylic acids is 1. The van der Waals surface area contributed by atoms with Crippen LogP contribution in [0.3, 0.4) is 0 Å². The Kier molecular flexibility index (Phi) is 4.96. The summed E-state index contributed by atoms with van der Waals surface area (Å²) in [7, 11) is 0. The lowest BCUT2D eigenvalue weighted by molar-refractivity contribution is 0.0935. The van der Waals surface area contributed by atoms with E-state index in [1.807, 2.05) is 39.8 Å². The van der Waals surface area contributed by atoms with Crippen LogP contribution in [0.5, 0.6) is 0 Å². The lowest BCUT2D eigenvalue weighted by Gasteiger charge is -2.13. The van der Waals surface area contributed by atoms with Crippen LogP contribution in [-0.2, 0) is 0 Å². The molecule has 6 heteroatoms. The second-order valence-electron chi connectivity index (χ2n) is 5.22. The van der Waals surface area contributed by atoms with E-state index in [-0.39, 0.29) is 28.6 Å². The van der Waals surface area contributed by atoms with Crippen molar-refractivity contribution in [2.45, 2.75) is 39.7 Å². The fraction of sp³-hybridized carbons (Fsp3) is 0.400. The van der Waals surface area contributed by atoms with E-state index in [0.29, 0.717) is 5.82 Å². The van der Waals surface area contributed by atoms with Crippen LogP contribution in [-0.4, -0.2) is 15.9 Å². The van der Waals surface area contributed by atoms with Crippen LogP contribution in [0.1, 0.15) is 58.8 Å². The van der Waals surface area contributed by atoms with Gasteiger partial charge in [-0.25, -0.2) is 9.97 Å². The van der Waals surface area contributed by atoms with E-state index in [0.717, 1.165) is 4.88 Å². The maximum Gasteiger partial charge on any atom is 0.272 e. The van der Waals surface area contributed by atoms with Gasteiger partial charge < -0.3 is 5.32 Å². The van der Waals surface area contributed by atoms with Crippen LogP contribution >= 0.6 is 22.9 Å². The minimum atomic E-state index is -0.275. The van der Waals surface area contributed by atoms with E-state index in [1.54, 1.807) is 11.3 Å². The molecule has 0 aromatic carbocycles. The SMILES string of the molecule is Cc1ccc(C(C)NC(=O)c2nc(C(C)C)ncc2Cl)s1. The molecule has 0 saturated heterocycles. The minimum absolute atomic E-state index is 0.0790. The molecule has 0 aliphatic heterocycles. The molecule has 1 amide bonds. The number of nitrogens with zero attached hydrogens (tertiary/aromatic N) is 2. The van der Waals surface area contributed by atoms with E-state index in [2.05, 4.69) is 15.3 Å². The van der Waals surface area contributed by atoms with Gasteiger partial charge in [-0.3, -0.25) is 4.79 Å². The van der Waals surface area contributed by atoms with E-state index >= 15 is 0 Å². The van der Waals surface area contributed by atoms with Gasteiger partial charge >= 0.3 is 0 Å². The minimum Gasteiger partial charge on any atom is -0.343 e. The first-order valence-electron chi connectivity index (χ1n) is 6.78. The molecule has 1 N–H and O–H groups in total. The summed E-state index contributed by atoms with van der Waals surface area (Å²) in [6.45, 7) is 7.94. The van der Waals surface area contributed by atoms with Gasteiger partial charge in [-0.15, -0.1) is 11.3 Å².